The van der Waals surface area contributed by atoms with Crippen LogP contribution in [0.15, 0.2) is 42.7 Å². The first-order valence-electron chi connectivity index (χ1n) is 7.37. The van der Waals surface area contributed by atoms with Crippen LogP contribution in [0, 0.1) is 11.2 Å². The van der Waals surface area contributed by atoms with Gasteiger partial charge in [0.15, 0.2) is 0 Å². The van der Waals surface area contributed by atoms with Crippen LogP contribution >= 0.6 is 0 Å². The Hall–Kier alpha value is -2.63. The van der Waals surface area contributed by atoms with E-state index in [0.29, 0.717) is 18.9 Å². The first kappa shape index (κ1) is 15.3. The fraction of sp³-hybridized carbons (Fsp3) is 0.294. The number of hydrogen-bond donors (Lipinski definition) is 2. The van der Waals surface area contributed by atoms with E-state index in [9.17, 15) is 9.18 Å². The number of aromatic nitrogens is 1. The molecule has 1 aliphatic carbocycles. The van der Waals surface area contributed by atoms with E-state index >= 15 is 0 Å². The zero-order valence-electron chi connectivity index (χ0n) is 12.5. The number of amides is 1. The van der Waals surface area contributed by atoms with Crippen molar-refractivity contribution in [2.75, 3.05) is 13.2 Å². The lowest BCUT2D eigenvalue weighted by molar-refractivity contribution is 0.184. The lowest BCUT2D eigenvalue weighted by Crippen LogP contribution is -2.31. The zero-order chi connectivity index (χ0) is 16.3. The molecule has 1 amide bonds. The molecule has 0 atom stereocenters. The average Bonchev–Trinajstić information content (AvgIpc) is 3.32. The number of nitrogens with zero attached hydrogens (tertiary/aromatic N) is 1. The molecule has 5 nitrogen and oxygen atoms in total. The molecular weight excluding hydrogens is 299 g/mol. The maximum Gasteiger partial charge on any atom is 0.404 e. The zero-order valence-corrected chi connectivity index (χ0v) is 12.5. The molecule has 0 saturated heterocycles. The smallest absolute Gasteiger partial charge is 0.404 e. The lowest BCUT2D eigenvalue weighted by atomic mass is 10.1. The Balaban J connectivity index is 1.65. The molecule has 120 valence electrons. The van der Waals surface area contributed by atoms with Gasteiger partial charge >= 0.3 is 6.09 Å². The highest BCUT2D eigenvalue weighted by Crippen LogP contribution is 2.45. The molecule has 1 saturated carbocycles. The Kier molecular flexibility index (Phi) is 4.14. The van der Waals surface area contributed by atoms with Crippen LogP contribution < -0.4 is 10.1 Å². The van der Waals surface area contributed by atoms with Crippen molar-refractivity contribution in [2.24, 2.45) is 5.41 Å². The molecule has 0 bridgehead atoms. The second-order valence-corrected chi connectivity index (χ2v) is 5.87. The van der Waals surface area contributed by atoms with E-state index in [1.807, 2.05) is 12.1 Å². The number of pyridine rings is 1. The Morgan fingerprint density at radius 1 is 1.30 bits per heavy atom. The molecule has 3 rings (SSSR count). The molecule has 2 N–H and O–H groups in total. The van der Waals surface area contributed by atoms with Gasteiger partial charge in [0, 0.05) is 23.7 Å². The van der Waals surface area contributed by atoms with E-state index < -0.39 is 6.09 Å². The summed E-state index contributed by atoms with van der Waals surface area (Å²) in [5.74, 6) is 0.291. The first-order valence-corrected chi connectivity index (χ1v) is 7.37. The van der Waals surface area contributed by atoms with Crippen LogP contribution in [0.5, 0.6) is 5.75 Å². The van der Waals surface area contributed by atoms with E-state index in [1.54, 1.807) is 18.5 Å². The minimum absolute atomic E-state index is 0.118. The van der Waals surface area contributed by atoms with Gasteiger partial charge in [-0.05, 0) is 36.6 Å². The molecule has 2 aromatic rings. The summed E-state index contributed by atoms with van der Waals surface area (Å²) in [5, 5.41) is 11.1. The van der Waals surface area contributed by atoms with Crippen LogP contribution in [0.4, 0.5) is 9.18 Å². The highest BCUT2D eigenvalue weighted by Gasteiger charge is 2.43. The van der Waals surface area contributed by atoms with Crippen molar-refractivity contribution in [3.63, 3.8) is 0 Å². The number of hydrogen-bond acceptors (Lipinski definition) is 3. The quantitative estimate of drug-likeness (QED) is 0.857. The van der Waals surface area contributed by atoms with Crippen LogP contribution in [0.1, 0.15) is 12.8 Å². The highest BCUT2D eigenvalue weighted by atomic mass is 19.1. The number of carbonyl (C=O) groups is 1. The summed E-state index contributed by atoms with van der Waals surface area (Å²) in [5.41, 5.74) is 1.39. The Morgan fingerprint density at radius 2 is 2.13 bits per heavy atom. The monoisotopic (exact) mass is 316 g/mol. The molecule has 1 heterocycles. The van der Waals surface area contributed by atoms with Gasteiger partial charge in [0.25, 0.3) is 0 Å². The summed E-state index contributed by atoms with van der Waals surface area (Å²) >= 11 is 0. The van der Waals surface area contributed by atoms with E-state index in [0.717, 1.165) is 24.0 Å². The van der Waals surface area contributed by atoms with Crippen LogP contribution in [-0.4, -0.2) is 29.3 Å². The van der Waals surface area contributed by atoms with Gasteiger partial charge in [-0.2, -0.15) is 0 Å². The molecule has 1 aromatic heterocycles. The molecule has 6 heteroatoms. The third kappa shape index (κ3) is 3.97. The second-order valence-electron chi connectivity index (χ2n) is 5.87. The van der Waals surface area contributed by atoms with Crippen molar-refractivity contribution in [2.45, 2.75) is 12.8 Å². The van der Waals surface area contributed by atoms with Crippen LogP contribution in [0.25, 0.3) is 11.1 Å². The maximum atomic E-state index is 13.3. The summed E-state index contributed by atoms with van der Waals surface area (Å²) in [4.78, 5) is 14.7. The van der Waals surface area contributed by atoms with Gasteiger partial charge in [-0.3, -0.25) is 4.98 Å². The van der Waals surface area contributed by atoms with Crippen molar-refractivity contribution in [3.05, 3.63) is 48.5 Å². The Labute approximate surface area is 133 Å². The summed E-state index contributed by atoms with van der Waals surface area (Å²) < 4.78 is 19.1. The lowest BCUT2D eigenvalue weighted by Gasteiger charge is -2.16. The van der Waals surface area contributed by atoms with Gasteiger partial charge in [0.05, 0.1) is 12.8 Å². The number of rotatable bonds is 6. The van der Waals surface area contributed by atoms with E-state index in [2.05, 4.69) is 10.3 Å². The van der Waals surface area contributed by atoms with Crippen molar-refractivity contribution in [1.29, 1.82) is 0 Å². The van der Waals surface area contributed by atoms with Gasteiger partial charge in [-0.15, -0.1) is 0 Å². The molecule has 23 heavy (non-hydrogen) atoms. The summed E-state index contributed by atoms with van der Waals surface area (Å²) in [6.45, 7) is 0.820. The molecule has 1 aliphatic rings. The number of carboxylic acid groups (broad SMARTS) is 1. The third-order valence-electron chi connectivity index (χ3n) is 3.99. The fourth-order valence-corrected chi connectivity index (χ4v) is 2.37. The third-order valence-corrected chi connectivity index (χ3v) is 3.99. The normalized spacial score (nSPS) is 15.0. The predicted octanol–water partition coefficient (Wildman–Crippen LogP) is 3.31. The maximum absolute atomic E-state index is 13.3. The Bertz CT molecular complexity index is 716. The standard InChI is InChI=1S/C17H17FN2O3/c18-14-3-1-2-12(6-14)13-7-15(9-19-8-13)23-11-17(4-5-17)10-20-16(21)22/h1-3,6-9,20H,4-5,10-11H2,(H,21,22). The van der Waals surface area contributed by atoms with Crippen molar-refractivity contribution in [3.8, 4) is 16.9 Å². The second kappa shape index (κ2) is 6.24. The molecule has 0 spiro atoms. The molecule has 0 unspecified atom stereocenters. The molecule has 0 aliphatic heterocycles. The predicted molar refractivity (Wildman–Crippen MR) is 82.8 cm³/mol. The van der Waals surface area contributed by atoms with E-state index in [1.165, 1.54) is 12.1 Å². The van der Waals surface area contributed by atoms with Gasteiger partial charge < -0.3 is 15.2 Å². The molecule has 1 aromatic carbocycles. The van der Waals surface area contributed by atoms with Gasteiger partial charge in [0.2, 0.25) is 0 Å². The van der Waals surface area contributed by atoms with Crippen LogP contribution in [-0.2, 0) is 0 Å². The summed E-state index contributed by atoms with van der Waals surface area (Å²) in [6.07, 6.45) is 4.10. The topological polar surface area (TPSA) is 71.5 Å². The number of benzene rings is 1. The largest absolute Gasteiger partial charge is 0.491 e. The van der Waals surface area contributed by atoms with Gasteiger partial charge in [0.1, 0.15) is 11.6 Å². The molecule has 1 fully saturated rings. The number of ether oxygens (including phenoxy) is 1. The average molecular weight is 316 g/mol. The van der Waals surface area contributed by atoms with Crippen molar-refractivity contribution >= 4 is 6.09 Å². The minimum Gasteiger partial charge on any atom is -0.491 e. The number of halogens is 1. The summed E-state index contributed by atoms with van der Waals surface area (Å²) in [6, 6.07) is 8.10. The molecular formula is C17H17FN2O3. The van der Waals surface area contributed by atoms with Crippen molar-refractivity contribution in [1.82, 2.24) is 10.3 Å². The number of nitrogens with one attached hydrogen (secondary N) is 1. The van der Waals surface area contributed by atoms with Crippen molar-refractivity contribution < 1.29 is 19.0 Å². The minimum atomic E-state index is -1.02. The van der Waals surface area contributed by atoms with Gasteiger partial charge in [-0.1, -0.05) is 12.1 Å². The fourth-order valence-electron chi connectivity index (χ4n) is 2.37. The van der Waals surface area contributed by atoms with Crippen LogP contribution in [0.2, 0.25) is 0 Å². The highest BCUT2D eigenvalue weighted by molar-refractivity contribution is 5.64. The van der Waals surface area contributed by atoms with E-state index in [-0.39, 0.29) is 11.2 Å². The Morgan fingerprint density at radius 3 is 2.83 bits per heavy atom. The van der Waals surface area contributed by atoms with Gasteiger partial charge in [-0.25, -0.2) is 9.18 Å². The van der Waals surface area contributed by atoms with E-state index in [4.69, 9.17) is 9.84 Å². The van der Waals surface area contributed by atoms with Crippen LogP contribution in [0.3, 0.4) is 0 Å². The SMILES string of the molecule is O=C(O)NCC1(COc2cncc(-c3cccc(F)c3)c2)CC1. The first-order chi connectivity index (χ1) is 11.1. The molecule has 0 radical (unpaired) electrons. The summed E-state index contributed by atoms with van der Waals surface area (Å²) in [7, 11) is 0.